The normalized spacial score (nSPS) is 15.2. The molecule has 1 N–H and O–H groups in total. The highest BCUT2D eigenvalue weighted by Gasteiger charge is 2.26. The summed E-state index contributed by atoms with van der Waals surface area (Å²) in [4.78, 5) is 31.4. The van der Waals surface area contributed by atoms with E-state index in [9.17, 15) is 18.0 Å². The third-order valence-electron chi connectivity index (χ3n) is 6.49. The molecule has 1 amide bonds. The maximum atomic E-state index is 13.4. The van der Waals surface area contributed by atoms with Gasteiger partial charge in [0.1, 0.15) is 0 Å². The molecule has 1 fully saturated rings. The molecular formula is C28H27ClN4O5S2. The van der Waals surface area contributed by atoms with E-state index in [1.54, 1.807) is 49.4 Å². The van der Waals surface area contributed by atoms with E-state index >= 15 is 0 Å². The number of carbonyl (C=O) groups is 1. The molecular weight excluding hydrogens is 572 g/mol. The molecule has 1 atom stereocenters. The molecule has 208 valence electrons. The van der Waals surface area contributed by atoms with E-state index in [1.165, 1.54) is 21.0 Å². The van der Waals surface area contributed by atoms with Crippen molar-refractivity contribution in [1.82, 2.24) is 13.9 Å². The van der Waals surface area contributed by atoms with Crippen LogP contribution >= 0.6 is 23.4 Å². The number of hydrogen-bond donors (Lipinski definition) is 1. The van der Waals surface area contributed by atoms with Crippen LogP contribution in [0.2, 0.25) is 5.02 Å². The molecule has 1 aliphatic heterocycles. The van der Waals surface area contributed by atoms with E-state index in [1.807, 2.05) is 18.2 Å². The molecule has 3 aromatic carbocycles. The van der Waals surface area contributed by atoms with Gasteiger partial charge in [-0.2, -0.15) is 4.31 Å². The number of nitrogens with zero attached hydrogens (tertiary/aromatic N) is 3. The maximum absolute atomic E-state index is 13.4. The summed E-state index contributed by atoms with van der Waals surface area (Å²) in [5.74, 6) is -0.319. The zero-order chi connectivity index (χ0) is 28.3. The minimum Gasteiger partial charge on any atom is -0.379 e. The van der Waals surface area contributed by atoms with Gasteiger partial charge >= 0.3 is 0 Å². The third-order valence-corrected chi connectivity index (χ3v) is 9.87. The van der Waals surface area contributed by atoms with Gasteiger partial charge in [-0.15, -0.1) is 0 Å². The minimum atomic E-state index is -3.63. The number of halogens is 1. The fourth-order valence-corrected chi connectivity index (χ4v) is 6.79. The summed E-state index contributed by atoms with van der Waals surface area (Å²) in [5.41, 5.74) is 1.53. The van der Waals surface area contributed by atoms with Crippen LogP contribution in [0, 0.1) is 0 Å². The number of morpholine rings is 1. The Morgan fingerprint density at radius 2 is 1.73 bits per heavy atom. The van der Waals surface area contributed by atoms with Gasteiger partial charge in [0.25, 0.3) is 5.56 Å². The Bertz CT molecular complexity index is 1700. The van der Waals surface area contributed by atoms with E-state index in [0.29, 0.717) is 53.1 Å². The Labute approximate surface area is 241 Å². The molecule has 0 spiro atoms. The molecule has 12 heteroatoms. The first kappa shape index (κ1) is 28.3. The van der Waals surface area contributed by atoms with Crippen molar-refractivity contribution in [2.75, 3.05) is 31.6 Å². The van der Waals surface area contributed by atoms with E-state index in [-0.39, 0.29) is 22.9 Å². The summed E-state index contributed by atoms with van der Waals surface area (Å²) < 4.78 is 33.9. The number of ether oxygens (including phenoxy) is 1. The lowest BCUT2D eigenvalue weighted by molar-refractivity contribution is -0.115. The van der Waals surface area contributed by atoms with Crippen molar-refractivity contribution in [3.05, 3.63) is 93.7 Å². The monoisotopic (exact) mass is 598 g/mol. The number of rotatable bonds is 8. The number of carbonyl (C=O) groups excluding carboxylic acids is 1. The highest BCUT2D eigenvalue weighted by atomic mass is 35.5. The lowest BCUT2D eigenvalue weighted by Crippen LogP contribution is -2.40. The van der Waals surface area contributed by atoms with Crippen molar-refractivity contribution in [2.24, 2.45) is 0 Å². The van der Waals surface area contributed by atoms with Crippen LogP contribution in [0.3, 0.4) is 0 Å². The van der Waals surface area contributed by atoms with Crippen molar-refractivity contribution in [3.8, 4) is 0 Å². The Morgan fingerprint density at radius 3 is 2.45 bits per heavy atom. The van der Waals surface area contributed by atoms with E-state index < -0.39 is 15.3 Å². The number of para-hydroxylation sites is 1. The summed E-state index contributed by atoms with van der Waals surface area (Å²) in [7, 11) is -3.63. The van der Waals surface area contributed by atoms with Crippen LogP contribution in [0.15, 0.2) is 87.6 Å². The molecule has 1 unspecified atom stereocenters. The van der Waals surface area contributed by atoms with Crippen LogP contribution in [-0.2, 0) is 26.1 Å². The van der Waals surface area contributed by atoms with Crippen LogP contribution in [0.1, 0.15) is 12.5 Å². The van der Waals surface area contributed by atoms with Gasteiger partial charge in [-0.25, -0.2) is 13.4 Å². The number of nitrogens with one attached hydrogen (secondary N) is 1. The largest absolute Gasteiger partial charge is 0.379 e. The summed E-state index contributed by atoms with van der Waals surface area (Å²) in [6.07, 6.45) is 0. The molecule has 1 aromatic heterocycles. The van der Waals surface area contributed by atoms with Gasteiger partial charge in [-0.1, -0.05) is 53.7 Å². The molecule has 0 radical (unpaired) electrons. The van der Waals surface area contributed by atoms with E-state index in [0.717, 1.165) is 17.3 Å². The molecule has 0 bridgehead atoms. The smallest absolute Gasteiger partial charge is 0.262 e. The lowest BCUT2D eigenvalue weighted by atomic mass is 10.2. The topological polar surface area (TPSA) is 111 Å². The lowest BCUT2D eigenvalue weighted by Gasteiger charge is -2.26. The van der Waals surface area contributed by atoms with Gasteiger partial charge in [-0.3, -0.25) is 14.2 Å². The molecule has 2 heterocycles. The molecule has 4 aromatic rings. The van der Waals surface area contributed by atoms with Gasteiger partial charge in [0, 0.05) is 23.8 Å². The van der Waals surface area contributed by atoms with Crippen LogP contribution < -0.4 is 10.9 Å². The summed E-state index contributed by atoms with van der Waals surface area (Å²) in [6, 6.07) is 20.4. The van der Waals surface area contributed by atoms with Crippen LogP contribution in [0.4, 0.5) is 5.69 Å². The average molecular weight is 599 g/mol. The van der Waals surface area contributed by atoms with Gasteiger partial charge in [-0.05, 0) is 55.0 Å². The molecule has 1 saturated heterocycles. The van der Waals surface area contributed by atoms with E-state index in [2.05, 4.69) is 5.32 Å². The second-order valence-corrected chi connectivity index (χ2v) is 12.8. The van der Waals surface area contributed by atoms with Gasteiger partial charge in [0.2, 0.25) is 15.9 Å². The Balaban J connectivity index is 1.35. The molecule has 1 aliphatic rings. The van der Waals surface area contributed by atoms with Crippen molar-refractivity contribution in [1.29, 1.82) is 0 Å². The van der Waals surface area contributed by atoms with E-state index in [4.69, 9.17) is 21.3 Å². The van der Waals surface area contributed by atoms with Crippen LogP contribution in [0.25, 0.3) is 10.9 Å². The highest BCUT2D eigenvalue weighted by molar-refractivity contribution is 8.00. The Morgan fingerprint density at radius 1 is 1.05 bits per heavy atom. The number of amides is 1. The number of fused-ring (bicyclic) bond motifs is 1. The summed E-state index contributed by atoms with van der Waals surface area (Å²) in [5, 5.41) is 3.60. The van der Waals surface area contributed by atoms with Gasteiger partial charge in [0.15, 0.2) is 5.16 Å². The molecule has 40 heavy (non-hydrogen) atoms. The van der Waals surface area contributed by atoms with Crippen LogP contribution in [-0.4, -0.2) is 59.7 Å². The highest BCUT2D eigenvalue weighted by Crippen LogP contribution is 2.26. The number of aromatic nitrogens is 2. The minimum absolute atomic E-state index is 0.152. The number of benzene rings is 3. The quantitative estimate of drug-likeness (QED) is 0.239. The third kappa shape index (κ3) is 6.08. The van der Waals surface area contributed by atoms with Gasteiger partial charge < -0.3 is 10.1 Å². The molecule has 5 rings (SSSR count). The number of thioether (sulfide) groups is 1. The SMILES string of the molecule is CC(Sc1nc2ccccc2c(=O)n1Cc1ccccc1Cl)C(=O)Nc1ccc(S(=O)(=O)N2CCOCC2)cc1. The zero-order valence-corrected chi connectivity index (χ0v) is 24.0. The average Bonchev–Trinajstić information content (AvgIpc) is 2.96. The Kier molecular flexibility index (Phi) is 8.57. The number of sulfonamides is 1. The number of anilines is 1. The number of hydrogen-bond acceptors (Lipinski definition) is 7. The summed E-state index contributed by atoms with van der Waals surface area (Å²) >= 11 is 7.53. The molecule has 9 nitrogen and oxygen atoms in total. The molecule has 0 saturated carbocycles. The fourth-order valence-electron chi connectivity index (χ4n) is 4.28. The Hall–Kier alpha value is -3.22. The second-order valence-electron chi connectivity index (χ2n) is 9.18. The van der Waals surface area contributed by atoms with Crippen molar-refractivity contribution in [2.45, 2.75) is 28.8 Å². The first-order valence-electron chi connectivity index (χ1n) is 12.6. The van der Waals surface area contributed by atoms with Crippen molar-refractivity contribution < 1.29 is 17.9 Å². The first-order chi connectivity index (χ1) is 19.2. The molecule has 0 aliphatic carbocycles. The van der Waals surface area contributed by atoms with Crippen LogP contribution in [0.5, 0.6) is 0 Å². The fraction of sp³-hybridized carbons (Fsp3) is 0.250. The summed E-state index contributed by atoms with van der Waals surface area (Å²) in [6.45, 7) is 3.26. The second kappa shape index (κ2) is 12.1. The van der Waals surface area contributed by atoms with Gasteiger partial charge in [0.05, 0.1) is 40.8 Å². The predicted octanol–water partition coefficient (Wildman–Crippen LogP) is 4.24. The first-order valence-corrected chi connectivity index (χ1v) is 15.3. The predicted molar refractivity (Wildman–Crippen MR) is 157 cm³/mol. The maximum Gasteiger partial charge on any atom is 0.262 e. The van der Waals surface area contributed by atoms with Crippen molar-refractivity contribution >= 4 is 55.9 Å². The van der Waals surface area contributed by atoms with Crippen molar-refractivity contribution in [3.63, 3.8) is 0 Å². The standard InChI is InChI=1S/C28H27ClN4O5S2/c1-19(26(34)30-21-10-12-22(13-11-21)40(36,37)32-14-16-38-17-15-32)39-28-31-25-9-5-3-7-23(25)27(35)33(28)18-20-6-2-4-8-24(20)29/h2-13,19H,14-18H2,1H3,(H,30,34). The zero-order valence-electron chi connectivity index (χ0n) is 21.6.